The summed E-state index contributed by atoms with van der Waals surface area (Å²) in [7, 11) is 1.59. The van der Waals surface area contributed by atoms with E-state index >= 15 is 0 Å². The van der Waals surface area contributed by atoms with Crippen LogP contribution in [0.2, 0.25) is 0 Å². The first-order chi connectivity index (χ1) is 20.4. The molecule has 220 valence electrons. The summed E-state index contributed by atoms with van der Waals surface area (Å²) >= 11 is 0. The van der Waals surface area contributed by atoms with Crippen LogP contribution in [-0.4, -0.2) is 60.2 Å². The Morgan fingerprint density at radius 1 is 1.07 bits per heavy atom. The fourth-order valence-corrected chi connectivity index (χ4v) is 7.64. The quantitative estimate of drug-likeness (QED) is 0.483. The molecule has 1 spiro atoms. The van der Waals surface area contributed by atoms with Gasteiger partial charge in [0.05, 0.1) is 25.0 Å². The Morgan fingerprint density at radius 3 is 2.74 bits per heavy atom. The minimum Gasteiger partial charge on any atom is -0.497 e. The maximum absolute atomic E-state index is 14.4. The minimum absolute atomic E-state index is 0.0391. The van der Waals surface area contributed by atoms with Crippen molar-refractivity contribution in [2.75, 3.05) is 13.9 Å². The Balaban J connectivity index is 1.21. The van der Waals surface area contributed by atoms with E-state index in [1.165, 1.54) is 0 Å². The molecule has 4 aliphatic heterocycles. The molecule has 1 aliphatic carbocycles. The monoisotopic (exact) mass is 572 g/mol. The lowest BCUT2D eigenvalue weighted by Gasteiger charge is -2.36. The Morgan fingerprint density at radius 2 is 1.90 bits per heavy atom. The Bertz CT molecular complexity index is 1460. The highest BCUT2D eigenvalue weighted by Gasteiger charge is 2.72. The summed E-state index contributed by atoms with van der Waals surface area (Å²) in [5.74, 6) is 0.275. The number of ether oxygens (including phenoxy) is 4. The van der Waals surface area contributed by atoms with E-state index < -0.39 is 29.6 Å². The van der Waals surface area contributed by atoms with Gasteiger partial charge in [0.25, 0.3) is 0 Å². The average molecular weight is 573 g/mol. The normalized spacial score (nSPS) is 32.2. The van der Waals surface area contributed by atoms with Crippen LogP contribution in [0.4, 0.5) is 0 Å². The smallest absolute Gasteiger partial charge is 0.246 e. The van der Waals surface area contributed by atoms with Crippen molar-refractivity contribution >= 4 is 17.6 Å². The lowest BCUT2D eigenvalue weighted by atomic mass is 9.72. The standard InChI is InChI=1S/C33H36N2O7/c1-19-6-3-4-9-23(19)34-31(37)30-33-13-12-26(42-33)28(24(36)15-20-7-5-8-22(14-20)39-2)29(33)32(38)35(30)17-21-10-11-25-27(16-21)41-18-40-25/h5,7-8,10-14,16,19,23,26,28-30H,3-4,6,9,15,17-18H2,1-2H3,(H,34,37). The van der Waals surface area contributed by atoms with E-state index in [9.17, 15) is 14.4 Å². The number of carbonyl (C=O) groups excluding carboxylic acids is 3. The van der Waals surface area contributed by atoms with E-state index in [1.54, 1.807) is 12.0 Å². The maximum atomic E-state index is 14.4. The topological polar surface area (TPSA) is 103 Å². The maximum Gasteiger partial charge on any atom is 0.246 e. The molecule has 9 nitrogen and oxygen atoms in total. The Labute approximate surface area is 245 Å². The van der Waals surface area contributed by atoms with Crippen molar-refractivity contribution in [3.63, 3.8) is 0 Å². The Hall–Kier alpha value is -3.85. The molecule has 2 aromatic rings. The number of carbonyl (C=O) groups is 3. The van der Waals surface area contributed by atoms with Crippen LogP contribution < -0.4 is 19.5 Å². The summed E-state index contributed by atoms with van der Waals surface area (Å²) in [5.41, 5.74) is 0.420. The molecule has 1 saturated carbocycles. The zero-order chi connectivity index (χ0) is 29.0. The van der Waals surface area contributed by atoms with Gasteiger partial charge in [0.1, 0.15) is 23.2 Å². The van der Waals surface area contributed by atoms with Gasteiger partial charge in [0, 0.05) is 19.0 Å². The molecule has 2 amide bonds. The van der Waals surface area contributed by atoms with E-state index in [1.807, 2.05) is 54.6 Å². The van der Waals surface area contributed by atoms with E-state index in [0.717, 1.165) is 36.8 Å². The van der Waals surface area contributed by atoms with E-state index in [2.05, 4.69) is 12.2 Å². The number of rotatable bonds is 8. The number of likely N-dealkylation sites (tertiary alicyclic amines) is 1. The van der Waals surface area contributed by atoms with Gasteiger partial charge in [-0.3, -0.25) is 14.4 Å². The second-order valence-corrected chi connectivity index (χ2v) is 12.2. The van der Waals surface area contributed by atoms with Gasteiger partial charge in [-0.15, -0.1) is 0 Å². The Kier molecular flexibility index (Phi) is 6.72. The predicted octanol–water partition coefficient (Wildman–Crippen LogP) is 3.58. The lowest BCUT2D eigenvalue weighted by molar-refractivity contribution is -0.142. The molecule has 7 atom stereocenters. The van der Waals surface area contributed by atoms with Crippen LogP contribution in [0, 0.1) is 17.8 Å². The van der Waals surface area contributed by atoms with Gasteiger partial charge < -0.3 is 29.2 Å². The number of ketones is 1. The number of Topliss-reactive ketones (excluding diaryl/α,β-unsaturated/α-hetero) is 1. The molecule has 2 saturated heterocycles. The van der Waals surface area contributed by atoms with Gasteiger partial charge in [-0.1, -0.05) is 50.1 Å². The number of nitrogens with one attached hydrogen (secondary N) is 1. The zero-order valence-electron chi connectivity index (χ0n) is 23.9. The van der Waals surface area contributed by atoms with Crippen molar-refractivity contribution in [1.29, 1.82) is 0 Å². The molecule has 42 heavy (non-hydrogen) atoms. The predicted molar refractivity (Wildman–Crippen MR) is 152 cm³/mol. The van der Waals surface area contributed by atoms with Crippen molar-refractivity contribution < 1.29 is 33.3 Å². The number of hydrogen-bond donors (Lipinski definition) is 1. The van der Waals surface area contributed by atoms with Crippen LogP contribution in [0.3, 0.4) is 0 Å². The summed E-state index contributed by atoms with van der Waals surface area (Å²) in [5, 5.41) is 3.29. The van der Waals surface area contributed by atoms with Gasteiger partial charge in [0.15, 0.2) is 11.5 Å². The molecule has 3 fully saturated rings. The SMILES string of the molecule is COc1cccc(CC(=O)C2C3C=CC4(O3)C2C(=O)N(Cc2ccc3c(c2)OCO3)C4C(=O)NC2CCCCC2C)c1. The summed E-state index contributed by atoms with van der Waals surface area (Å²) < 4.78 is 22.9. The summed E-state index contributed by atoms with van der Waals surface area (Å²) in [6.07, 6.45) is 7.52. The van der Waals surface area contributed by atoms with Gasteiger partial charge in [-0.2, -0.15) is 0 Å². The first kappa shape index (κ1) is 27.0. The number of amides is 2. The fraction of sp³-hybridized carbons (Fsp3) is 0.485. The van der Waals surface area contributed by atoms with E-state index in [0.29, 0.717) is 23.2 Å². The average Bonchev–Trinajstić information content (AvgIpc) is 3.75. The third kappa shape index (κ3) is 4.37. The van der Waals surface area contributed by atoms with E-state index in [4.69, 9.17) is 18.9 Å². The van der Waals surface area contributed by atoms with Crippen molar-refractivity contribution in [1.82, 2.24) is 10.2 Å². The number of nitrogens with zero attached hydrogens (tertiary/aromatic N) is 1. The third-order valence-electron chi connectivity index (χ3n) is 9.74. The van der Waals surface area contributed by atoms with Crippen LogP contribution in [0.5, 0.6) is 17.2 Å². The number of hydrogen-bond acceptors (Lipinski definition) is 7. The van der Waals surface area contributed by atoms with Crippen LogP contribution in [0.1, 0.15) is 43.7 Å². The molecule has 0 aromatic heterocycles. The van der Waals surface area contributed by atoms with Gasteiger partial charge in [-0.05, 0) is 54.2 Å². The zero-order valence-corrected chi connectivity index (χ0v) is 23.9. The van der Waals surface area contributed by atoms with Crippen molar-refractivity contribution in [3.05, 3.63) is 65.7 Å². The van der Waals surface area contributed by atoms with Gasteiger partial charge >= 0.3 is 0 Å². The van der Waals surface area contributed by atoms with Gasteiger partial charge in [0.2, 0.25) is 18.6 Å². The van der Waals surface area contributed by atoms with Crippen LogP contribution in [0.15, 0.2) is 54.6 Å². The number of fused-ring (bicyclic) bond motifs is 2. The van der Waals surface area contributed by atoms with Crippen molar-refractivity contribution in [3.8, 4) is 17.2 Å². The third-order valence-corrected chi connectivity index (χ3v) is 9.74. The summed E-state index contributed by atoms with van der Waals surface area (Å²) in [6.45, 7) is 2.50. The second kappa shape index (κ2) is 10.5. The summed E-state index contributed by atoms with van der Waals surface area (Å²) in [6, 6.07) is 12.1. The molecular formula is C33H36N2O7. The minimum atomic E-state index is -1.20. The lowest BCUT2D eigenvalue weighted by Crippen LogP contribution is -2.57. The second-order valence-electron chi connectivity index (χ2n) is 12.2. The molecule has 2 bridgehead atoms. The fourth-order valence-electron chi connectivity index (χ4n) is 7.64. The summed E-state index contributed by atoms with van der Waals surface area (Å²) in [4.78, 5) is 44.0. The van der Waals surface area contributed by atoms with Crippen LogP contribution in [-0.2, 0) is 32.1 Å². The van der Waals surface area contributed by atoms with Crippen LogP contribution >= 0.6 is 0 Å². The molecule has 9 heteroatoms. The largest absolute Gasteiger partial charge is 0.497 e. The highest BCUT2D eigenvalue weighted by atomic mass is 16.7. The number of benzene rings is 2. The molecule has 0 radical (unpaired) electrons. The molecule has 7 rings (SSSR count). The van der Waals surface area contributed by atoms with Crippen molar-refractivity contribution in [2.24, 2.45) is 17.8 Å². The molecule has 2 aromatic carbocycles. The molecule has 5 aliphatic rings. The van der Waals surface area contributed by atoms with Gasteiger partial charge in [-0.25, -0.2) is 0 Å². The molecular weight excluding hydrogens is 536 g/mol. The molecule has 1 N–H and O–H groups in total. The first-order valence-electron chi connectivity index (χ1n) is 14.9. The first-order valence-corrected chi connectivity index (χ1v) is 14.9. The van der Waals surface area contributed by atoms with Crippen LogP contribution in [0.25, 0.3) is 0 Å². The highest BCUT2D eigenvalue weighted by molar-refractivity contribution is 6.00. The van der Waals surface area contributed by atoms with Crippen molar-refractivity contribution in [2.45, 2.75) is 69.4 Å². The van der Waals surface area contributed by atoms with E-state index in [-0.39, 0.29) is 43.4 Å². The molecule has 4 heterocycles. The highest BCUT2D eigenvalue weighted by Crippen LogP contribution is 2.56. The molecule has 7 unspecified atom stereocenters. The number of methoxy groups -OCH3 is 1.